The third kappa shape index (κ3) is 5.39. The van der Waals surface area contributed by atoms with E-state index in [1.807, 2.05) is 30.6 Å². The van der Waals surface area contributed by atoms with Crippen molar-refractivity contribution in [3.63, 3.8) is 0 Å². The molecule has 4 rings (SSSR count). The number of rotatable bonds is 9. The maximum absolute atomic E-state index is 5.57. The number of ether oxygens (including phenoxy) is 1. The smallest absolute Gasteiger partial charge is 0.123 e. The molecule has 3 aromatic heterocycles. The summed E-state index contributed by atoms with van der Waals surface area (Å²) in [5.74, 6) is 0.989. The highest BCUT2D eigenvalue weighted by Crippen LogP contribution is 2.20. The van der Waals surface area contributed by atoms with Crippen LogP contribution >= 0.6 is 0 Å². The Hall–Kier alpha value is -2.41. The van der Waals surface area contributed by atoms with Gasteiger partial charge in [-0.2, -0.15) is 0 Å². The van der Waals surface area contributed by atoms with E-state index in [4.69, 9.17) is 9.15 Å². The standard InChI is InChI=1S/C24H32N4O2/c1-20-15-23(21(2)28(20)19-24-6-4-12-30-24)18-27(17-22-5-3-7-25-16-22)9-8-26-10-13-29-14-11-26/h3-7,12,15-16H,8-11,13-14,17-19H2,1-2H3. The average Bonchev–Trinajstić information content (AvgIpc) is 3.38. The van der Waals surface area contributed by atoms with E-state index in [1.165, 1.54) is 22.5 Å². The van der Waals surface area contributed by atoms with Crippen molar-refractivity contribution in [2.45, 2.75) is 33.5 Å². The normalized spacial score (nSPS) is 15.2. The van der Waals surface area contributed by atoms with Crippen molar-refractivity contribution < 1.29 is 9.15 Å². The van der Waals surface area contributed by atoms with Crippen LogP contribution in [0.1, 0.15) is 28.3 Å². The second kappa shape index (κ2) is 10.1. The minimum Gasteiger partial charge on any atom is -0.467 e. The molecule has 4 heterocycles. The van der Waals surface area contributed by atoms with Gasteiger partial charge in [-0.25, -0.2) is 0 Å². The first-order valence-corrected chi connectivity index (χ1v) is 10.8. The number of aromatic nitrogens is 2. The molecule has 0 saturated carbocycles. The van der Waals surface area contributed by atoms with Gasteiger partial charge in [-0.15, -0.1) is 0 Å². The van der Waals surface area contributed by atoms with E-state index in [0.717, 1.165) is 64.8 Å². The Morgan fingerprint density at radius 1 is 1.10 bits per heavy atom. The van der Waals surface area contributed by atoms with Crippen LogP contribution in [0.4, 0.5) is 0 Å². The second-order valence-corrected chi connectivity index (χ2v) is 8.09. The molecule has 0 unspecified atom stereocenters. The molecule has 1 aliphatic heterocycles. The number of aryl methyl sites for hydroxylation is 1. The van der Waals surface area contributed by atoms with Gasteiger partial charge in [0.1, 0.15) is 5.76 Å². The largest absolute Gasteiger partial charge is 0.467 e. The molecule has 160 valence electrons. The Bertz CT molecular complexity index is 899. The molecule has 0 atom stereocenters. The molecule has 0 spiro atoms. The zero-order chi connectivity index (χ0) is 20.8. The lowest BCUT2D eigenvalue weighted by Crippen LogP contribution is -2.41. The number of pyridine rings is 1. The van der Waals surface area contributed by atoms with Crippen molar-refractivity contribution in [3.05, 3.63) is 77.3 Å². The maximum Gasteiger partial charge on any atom is 0.123 e. The summed E-state index contributed by atoms with van der Waals surface area (Å²) in [5.41, 5.74) is 5.22. The van der Waals surface area contributed by atoms with Crippen molar-refractivity contribution in [1.82, 2.24) is 19.4 Å². The van der Waals surface area contributed by atoms with Gasteiger partial charge in [-0.1, -0.05) is 6.07 Å². The van der Waals surface area contributed by atoms with E-state index in [9.17, 15) is 0 Å². The first-order valence-electron chi connectivity index (χ1n) is 10.8. The third-order valence-electron chi connectivity index (χ3n) is 5.93. The van der Waals surface area contributed by atoms with Crippen molar-refractivity contribution in [2.24, 2.45) is 0 Å². The number of furan rings is 1. The zero-order valence-electron chi connectivity index (χ0n) is 18.1. The SMILES string of the molecule is Cc1cc(CN(CCN2CCOCC2)Cc2cccnc2)c(C)n1Cc1ccco1. The van der Waals surface area contributed by atoms with Crippen LogP contribution in [0.3, 0.4) is 0 Å². The first kappa shape index (κ1) is 20.8. The van der Waals surface area contributed by atoms with E-state index < -0.39 is 0 Å². The quantitative estimate of drug-likeness (QED) is 0.543. The Morgan fingerprint density at radius 3 is 2.70 bits per heavy atom. The van der Waals surface area contributed by atoms with Crippen molar-refractivity contribution in [2.75, 3.05) is 39.4 Å². The van der Waals surface area contributed by atoms with Gasteiger partial charge in [0.15, 0.2) is 0 Å². The van der Waals surface area contributed by atoms with Gasteiger partial charge in [0.2, 0.25) is 0 Å². The fraction of sp³-hybridized carbons (Fsp3) is 0.458. The lowest BCUT2D eigenvalue weighted by Gasteiger charge is -2.30. The van der Waals surface area contributed by atoms with Crippen LogP contribution in [-0.4, -0.2) is 58.7 Å². The molecule has 0 bridgehead atoms. The fourth-order valence-electron chi connectivity index (χ4n) is 4.15. The van der Waals surface area contributed by atoms with Crippen molar-refractivity contribution in [3.8, 4) is 0 Å². The molecule has 6 nitrogen and oxygen atoms in total. The van der Waals surface area contributed by atoms with E-state index in [0.29, 0.717) is 0 Å². The van der Waals surface area contributed by atoms with Gasteiger partial charge >= 0.3 is 0 Å². The van der Waals surface area contributed by atoms with Gasteiger partial charge in [-0.05, 0) is 49.2 Å². The van der Waals surface area contributed by atoms with Crippen molar-refractivity contribution >= 4 is 0 Å². The predicted octanol–water partition coefficient (Wildman–Crippen LogP) is 3.48. The van der Waals surface area contributed by atoms with Gasteiger partial charge in [0.05, 0.1) is 26.0 Å². The van der Waals surface area contributed by atoms with Crippen LogP contribution in [0, 0.1) is 13.8 Å². The zero-order valence-corrected chi connectivity index (χ0v) is 18.1. The fourth-order valence-corrected chi connectivity index (χ4v) is 4.15. The minimum absolute atomic E-state index is 0.779. The lowest BCUT2D eigenvalue weighted by molar-refractivity contribution is 0.0325. The minimum atomic E-state index is 0.779. The summed E-state index contributed by atoms with van der Waals surface area (Å²) in [6.07, 6.45) is 5.55. The Morgan fingerprint density at radius 2 is 1.97 bits per heavy atom. The van der Waals surface area contributed by atoms with Gasteiger partial charge < -0.3 is 13.7 Å². The summed E-state index contributed by atoms with van der Waals surface area (Å²) < 4.78 is 13.4. The highest BCUT2D eigenvalue weighted by atomic mass is 16.5. The van der Waals surface area contributed by atoms with Gasteiger partial charge in [0, 0.05) is 63.1 Å². The van der Waals surface area contributed by atoms with E-state index in [2.05, 4.69) is 45.3 Å². The summed E-state index contributed by atoms with van der Waals surface area (Å²) in [7, 11) is 0. The van der Waals surface area contributed by atoms with Crippen molar-refractivity contribution in [1.29, 1.82) is 0 Å². The predicted molar refractivity (Wildman–Crippen MR) is 117 cm³/mol. The number of nitrogens with zero attached hydrogens (tertiary/aromatic N) is 4. The number of hydrogen-bond acceptors (Lipinski definition) is 5. The topological polar surface area (TPSA) is 46.7 Å². The molecule has 1 saturated heterocycles. The molecule has 1 aliphatic rings. The lowest BCUT2D eigenvalue weighted by atomic mass is 10.2. The first-order chi connectivity index (χ1) is 14.7. The van der Waals surface area contributed by atoms with E-state index in [-0.39, 0.29) is 0 Å². The summed E-state index contributed by atoms with van der Waals surface area (Å²) >= 11 is 0. The highest BCUT2D eigenvalue weighted by Gasteiger charge is 2.17. The number of hydrogen-bond donors (Lipinski definition) is 0. The van der Waals surface area contributed by atoms with Crippen LogP contribution in [0.25, 0.3) is 0 Å². The molecular weight excluding hydrogens is 376 g/mol. The summed E-state index contributed by atoms with van der Waals surface area (Å²) in [6, 6.07) is 10.5. The summed E-state index contributed by atoms with van der Waals surface area (Å²) in [5, 5.41) is 0. The number of morpholine rings is 1. The Kier molecular flexibility index (Phi) is 7.00. The molecule has 0 amide bonds. The maximum atomic E-state index is 5.57. The molecule has 0 aliphatic carbocycles. The molecule has 1 fully saturated rings. The molecular formula is C24H32N4O2. The van der Waals surface area contributed by atoms with E-state index >= 15 is 0 Å². The Labute approximate surface area is 179 Å². The van der Waals surface area contributed by atoms with Crippen LogP contribution in [-0.2, 0) is 24.4 Å². The average molecular weight is 409 g/mol. The third-order valence-corrected chi connectivity index (χ3v) is 5.93. The molecule has 6 heteroatoms. The monoisotopic (exact) mass is 408 g/mol. The summed E-state index contributed by atoms with van der Waals surface area (Å²) in [4.78, 5) is 9.34. The second-order valence-electron chi connectivity index (χ2n) is 8.09. The van der Waals surface area contributed by atoms with Crippen LogP contribution in [0.15, 0.2) is 53.4 Å². The summed E-state index contributed by atoms with van der Waals surface area (Å²) in [6.45, 7) is 12.8. The van der Waals surface area contributed by atoms with Crippen LogP contribution in [0.5, 0.6) is 0 Å². The van der Waals surface area contributed by atoms with Crippen LogP contribution in [0.2, 0.25) is 0 Å². The highest BCUT2D eigenvalue weighted by molar-refractivity contribution is 5.28. The van der Waals surface area contributed by atoms with Crippen LogP contribution < -0.4 is 0 Å². The molecule has 0 N–H and O–H groups in total. The van der Waals surface area contributed by atoms with Gasteiger partial charge in [-0.3, -0.25) is 14.8 Å². The van der Waals surface area contributed by atoms with Gasteiger partial charge in [0.25, 0.3) is 0 Å². The van der Waals surface area contributed by atoms with E-state index in [1.54, 1.807) is 6.26 Å². The molecule has 0 radical (unpaired) electrons. The molecule has 0 aromatic carbocycles. The Balaban J connectivity index is 1.47. The molecule has 3 aromatic rings. The molecule has 30 heavy (non-hydrogen) atoms.